The quantitative estimate of drug-likeness (QED) is 0.682. The van der Waals surface area contributed by atoms with E-state index >= 15 is 0 Å². The first-order valence-electron chi connectivity index (χ1n) is 6.35. The van der Waals surface area contributed by atoms with E-state index in [-0.39, 0.29) is 11.6 Å². The number of aliphatic carboxylic acids is 1. The summed E-state index contributed by atoms with van der Waals surface area (Å²) in [7, 11) is 0. The minimum absolute atomic E-state index is 0.0507. The summed E-state index contributed by atoms with van der Waals surface area (Å²) in [6.07, 6.45) is 1.15. The first-order valence-corrected chi connectivity index (χ1v) is 6.73. The molecule has 0 amide bonds. The molecule has 0 atom stereocenters. The van der Waals surface area contributed by atoms with Crippen LogP contribution in [0.5, 0.6) is 0 Å². The number of likely N-dealkylation sites (tertiary alicyclic amines) is 1. The molecule has 1 N–H and O–H groups in total. The Morgan fingerprint density at radius 3 is 2.65 bits per heavy atom. The number of benzene rings is 1. The molecule has 108 valence electrons. The summed E-state index contributed by atoms with van der Waals surface area (Å²) in [6, 6.07) is 4.50. The van der Waals surface area contributed by atoms with Crippen LogP contribution in [-0.2, 0) is 11.3 Å². The number of rotatable bonds is 4. The molecule has 0 unspecified atom stereocenters. The summed E-state index contributed by atoms with van der Waals surface area (Å²) >= 11 is 5.89. The molecule has 1 aliphatic heterocycles. The molecule has 20 heavy (non-hydrogen) atoms. The predicted molar refractivity (Wildman–Crippen MR) is 73.7 cm³/mol. The lowest BCUT2D eigenvalue weighted by Crippen LogP contribution is -2.35. The van der Waals surface area contributed by atoms with Crippen molar-refractivity contribution in [2.45, 2.75) is 19.4 Å². The molecule has 1 aliphatic rings. The van der Waals surface area contributed by atoms with Gasteiger partial charge in [-0.25, -0.2) is 0 Å². The predicted octanol–water partition coefficient (Wildman–Crippen LogP) is 2.54. The lowest BCUT2D eigenvalue weighted by atomic mass is 9.96. The van der Waals surface area contributed by atoms with Gasteiger partial charge in [0.2, 0.25) is 0 Å². The molecule has 1 aromatic carbocycles. The van der Waals surface area contributed by atoms with Crippen molar-refractivity contribution in [3.8, 4) is 0 Å². The van der Waals surface area contributed by atoms with Crippen molar-refractivity contribution < 1.29 is 14.8 Å². The fourth-order valence-corrected chi connectivity index (χ4v) is 2.63. The summed E-state index contributed by atoms with van der Waals surface area (Å²) in [4.78, 5) is 23.5. The van der Waals surface area contributed by atoms with E-state index in [9.17, 15) is 14.9 Å². The Labute approximate surface area is 121 Å². The van der Waals surface area contributed by atoms with Gasteiger partial charge in [0.05, 0.1) is 10.8 Å². The zero-order valence-corrected chi connectivity index (χ0v) is 11.5. The Bertz CT molecular complexity index is 527. The summed E-state index contributed by atoms with van der Waals surface area (Å²) in [6.45, 7) is 1.67. The van der Waals surface area contributed by atoms with Crippen LogP contribution in [0.2, 0.25) is 5.02 Å². The molecule has 0 radical (unpaired) electrons. The van der Waals surface area contributed by atoms with Crippen LogP contribution in [-0.4, -0.2) is 34.0 Å². The molecule has 1 fully saturated rings. The molecule has 1 heterocycles. The first-order chi connectivity index (χ1) is 9.47. The van der Waals surface area contributed by atoms with Crippen LogP contribution in [0.15, 0.2) is 18.2 Å². The second-order valence-corrected chi connectivity index (χ2v) is 5.36. The minimum atomic E-state index is -0.765. The molecule has 1 saturated heterocycles. The maximum absolute atomic E-state index is 11.0. The van der Waals surface area contributed by atoms with Gasteiger partial charge in [-0.05, 0) is 38.1 Å². The smallest absolute Gasteiger partial charge is 0.306 e. The van der Waals surface area contributed by atoms with E-state index in [2.05, 4.69) is 0 Å². The van der Waals surface area contributed by atoms with Crippen molar-refractivity contribution in [1.29, 1.82) is 0 Å². The van der Waals surface area contributed by atoms with Gasteiger partial charge in [-0.2, -0.15) is 0 Å². The summed E-state index contributed by atoms with van der Waals surface area (Å²) in [5, 5.41) is 20.4. The van der Waals surface area contributed by atoms with Gasteiger partial charge in [0.25, 0.3) is 5.69 Å². The number of carboxylic acid groups (broad SMARTS) is 1. The minimum Gasteiger partial charge on any atom is -0.481 e. The highest BCUT2D eigenvalue weighted by Gasteiger charge is 2.25. The highest BCUT2D eigenvalue weighted by Crippen LogP contribution is 2.26. The van der Waals surface area contributed by atoms with Gasteiger partial charge in [-0.3, -0.25) is 19.8 Å². The lowest BCUT2D eigenvalue weighted by Gasteiger charge is -2.29. The van der Waals surface area contributed by atoms with E-state index in [1.807, 2.05) is 4.90 Å². The van der Waals surface area contributed by atoms with Gasteiger partial charge in [0, 0.05) is 23.2 Å². The number of halogens is 1. The number of carboxylic acids is 1. The fourth-order valence-electron chi connectivity index (χ4n) is 2.44. The Balaban J connectivity index is 2.06. The van der Waals surface area contributed by atoms with Gasteiger partial charge in [-0.15, -0.1) is 0 Å². The molecule has 7 heteroatoms. The van der Waals surface area contributed by atoms with Crippen LogP contribution in [0.4, 0.5) is 5.69 Å². The standard InChI is InChI=1S/C13H15ClN2O4/c14-11-1-2-12(16(19)20)10(7-11)8-15-5-3-9(4-6-15)13(17)18/h1-2,7,9H,3-6,8H2,(H,17,18). The van der Waals surface area contributed by atoms with Gasteiger partial charge in [0.1, 0.15) is 0 Å². The lowest BCUT2D eigenvalue weighted by molar-refractivity contribution is -0.385. The second-order valence-electron chi connectivity index (χ2n) is 4.92. The van der Waals surface area contributed by atoms with Crippen LogP contribution in [0.1, 0.15) is 18.4 Å². The molecule has 0 spiro atoms. The normalized spacial score (nSPS) is 17.1. The van der Waals surface area contributed by atoms with E-state index in [4.69, 9.17) is 16.7 Å². The number of nitrogens with zero attached hydrogens (tertiary/aromatic N) is 2. The van der Waals surface area contributed by atoms with Crippen LogP contribution in [0, 0.1) is 16.0 Å². The van der Waals surface area contributed by atoms with Gasteiger partial charge in [0.15, 0.2) is 0 Å². The number of carbonyl (C=O) groups is 1. The molecule has 2 rings (SSSR count). The van der Waals surface area contributed by atoms with Gasteiger partial charge in [-0.1, -0.05) is 11.6 Å². The van der Waals surface area contributed by atoms with E-state index in [1.54, 1.807) is 6.07 Å². The monoisotopic (exact) mass is 298 g/mol. The third-order valence-electron chi connectivity index (χ3n) is 3.57. The molecule has 0 bridgehead atoms. The largest absolute Gasteiger partial charge is 0.481 e. The highest BCUT2D eigenvalue weighted by atomic mass is 35.5. The zero-order valence-electron chi connectivity index (χ0n) is 10.8. The summed E-state index contributed by atoms with van der Waals surface area (Å²) in [5.41, 5.74) is 0.617. The van der Waals surface area contributed by atoms with Gasteiger partial charge >= 0.3 is 5.97 Å². The Morgan fingerprint density at radius 1 is 1.45 bits per heavy atom. The molecule has 0 aromatic heterocycles. The third kappa shape index (κ3) is 3.46. The number of nitro groups is 1. The fraction of sp³-hybridized carbons (Fsp3) is 0.462. The van der Waals surface area contributed by atoms with Crippen LogP contribution >= 0.6 is 11.6 Å². The molecule has 0 saturated carbocycles. The van der Waals surface area contributed by atoms with E-state index in [0.29, 0.717) is 43.1 Å². The molecule has 0 aliphatic carbocycles. The number of piperidine rings is 1. The highest BCUT2D eigenvalue weighted by molar-refractivity contribution is 6.30. The maximum Gasteiger partial charge on any atom is 0.306 e. The molecule has 6 nitrogen and oxygen atoms in total. The third-order valence-corrected chi connectivity index (χ3v) is 3.80. The van der Waals surface area contributed by atoms with Crippen LogP contribution < -0.4 is 0 Å². The van der Waals surface area contributed by atoms with Crippen molar-refractivity contribution in [3.63, 3.8) is 0 Å². The topological polar surface area (TPSA) is 83.7 Å². The maximum atomic E-state index is 11.0. The average molecular weight is 299 g/mol. The van der Waals surface area contributed by atoms with E-state index in [1.165, 1.54) is 12.1 Å². The SMILES string of the molecule is O=C(O)C1CCN(Cc2cc(Cl)ccc2[N+](=O)[O-])CC1. The van der Waals surface area contributed by atoms with E-state index in [0.717, 1.165) is 0 Å². The summed E-state index contributed by atoms with van der Waals surface area (Å²) in [5.74, 6) is -1.07. The average Bonchev–Trinajstić information content (AvgIpc) is 2.39. The van der Waals surface area contributed by atoms with Crippen molar-refractivity contribution >= 4 is 23.3 Å². The number of hydrogen-bond acceptors (Lipinski definition) is 4. The van der Waals surface area contributed by atoms with Crippen LogP contribution in [0.3, 0.4) is 0 Å². The molecule has 1 aromatic rings. The van der Waals surface area contributed by atoms with Crippen molar-refractivity contribution in [3.05, 3.63) is 38.9 Å². The zero-order chi connectivity index (χ0) is 14.7. The second kappa shape index (κ2) is 6.19. The van der Waals surface area contributed by atoms with Crippen molar-refractivity contribution in [2.75, 3.05) is 13.1 Å². The van der Waals surface area contributed by atoms with Crippen molar-refractivity contribution in [2.24, 2.45) is 5.92 Å². The Kier molecular flexibility index (Phi) is 4.57. The Morgan fingerprint density at radius 2 is 2.10 bits per heavy atom. The van der Waals surface area contributed by atoms with E-state index < -0.39 is 10.9 Å². The Hall–Kier alpha value is -1.66. The van der Waals surface area contributed by atoms with Crippen LogP contribution in [0.25, 0.3) is 0 Å². The first kappa shape index (κ1) is 14.7. The number of nitro benzene ring substituents is 1. The molecular formula is C13H15ClN2O4. The van der Waals surface area contributed by atoms with Gasteiger partial charge < -0.3 is 5.11 Å². The summed E-state index contributed by atoms with van der Waals surface area (Å²) < 4.78 is 0. The number of hydrogen-bond donors (Lipinski definition) is 1. The molecular weight excluding hydrogens is 284 g/mol. The van der Waals surface area contributed by atoms with Crippen molar-refractivity contribution in [1.82, 2.24) is 4.90 Å².